The van der Waals surface area contributed by atoms with E-state index in [0.29, 0.717) is 0 Å². The third kappa shape index (κ3) is 5.80. The molecule has 0 saturated heterocycles. The van der Waals surface area contributed by atoms with Gasteiger partial charge < -0.3 is 9.47 Å². The number of aromatic nitrogens is 1. The average Bonchev–Trinajstić information content (AvgIpc) is 3.86. The zero-order chi connectivity index (χ0) is 41.7. The first-order valence-corrected chi connectivity index (χ1v) is 21.8. The van der Waals surface area contributed by atoms with E-state index in [1.54, 1.807) is 0 Å². The molecular formula is C61H42N2. The first-order chi connectivity index (χ1) is 31.3. The number of hydrogen-bond donors (Lipinski definition) is 0. The fraction of sp³-hybridized carbons (Fsp3) is 0.0164. The molecule has 0 bridgehead atoms. The maximum absolute atomic E-state index is 2.45. The lowest BCUT2D eigenvalue weighted by Gasteiger charge is -2.34. The fourth-order valence-electron chi connectivity index (χ4n) is 10.4. The molecule has 1 aromatic heterocycles. The number of nitrogens with zero attached hydrogens (tertiary/aromatic N) is 2. The molecule has 1 heterocycles. The van der Waals surface area contributed by atoms with Crippen molar-refractivity contribution in [1.82, 2.24) is 4.57 Å². The van der Waals surface area contributed by atoms with Crippen molar-refractivity contribution in [2.75, 3.05) is 4.90 Å². The molecule has 0 unspecified atom stereocenters. The Bertz CT molecular complexity index is 3380. The van der Waals surface area contributed by atoms with E-state index in [-0.39, 0.29) is 0 Å². The Morgan fingerprint density at radius 2 is 0.825 bits per heavy atom. The molecule has 10 aromatic carbocycles. The highest BCUT2D eigenvalue weighted by molar-refractivity contribution is 6.16. The number of rotatable bonds is 8. The van der Waals surface area contributed by atoms with Crippen LogP contribution < -0.4 is 4.90 Å². The van der Waals surface area contributed by atoms with Crippen LogP contribution in [-0.2, 0) is 5.41 Å². The summed E-state index contributed by atoms with van der Waals surface area (Å²) in [5, 5.41) is 2.46. The molecule has 0 fully saturated rings. The standard InChI is InChI=1S/C61H42N2/c1-5-20-43(21-6-1)50-28-15-18-34-57(50)62(48-38-36-46(37-39-48)61(45-24-9-3-10-25-45)55-32-16-13-29-52(55)53-30-14-17-33-56(53)61)49-40-41-54-59(42-49)63(47-26-11-4-12-27-47)58-35-19-31-51(60(54)58)44-22-7-2-8-23-44/h1-42H. The lowest BCUT2D eigenvalue weighted by molar-refractivity contribution is 0.768. The Hall–Kier alpha value is -8.20. The second kappa shape index (κ2) is 15.1. The topological polar surface area (TPSA) is 8.17 Å². The van der Waals surface area contributed by atoms with Crippen molar-refractivity contribution in [3.05, 3.63) is 277 Å². The molecule has 12 rings (SSSR count). The van der Waals surface area contributed by atoms with Crippen LogP contribution in [0.2, 0.25) is 0 Å². The van der Waals surface area contributed by atoms with Crippen molar-refractivity contribution in [3.8, 4) is 39.1 Å². The monoisotopic (exact) mass is 802 g/mol. The highest BCUT2D eigenvalue weighted by Crippen LogP contribution is 2.56. The number of hydrogen-bond acceptors (Lipinski definition) is 1. The van der Waals surface area contributed by atoms with Crippen LogP contribution in [0.1, 0.15) is 22.3 Å². The van der Waals surface area contributed by atoms with Crippen molar-refractivity contribution >= 4 is 38.9 Å². The first-order valence-electron chi connectivity index (χ1n) is 21.8. The number of fused-ring (bicyclic) bond motifs is 6. The minimum Gasteiger partial charge on any atom is -0.310 e. The van der Waals surface area contributed by atoms with Gasteiger partial charge in [-0.25, -0.2) is 0 Å². The molecule has 296 valence electrons. The van der Waals surface area contributed by atoms with Gasteiger partial charge in [-0.15, -0.1) is 0 Å². The van der Waals surface area contributed by atoms with Crippen LogP contribution in [0.25, 0.3) is 60.9 Å². The Morgan fingerprint density at radius 3 is 1.48 bits per heavy atom. The quantitative estimate of drug-likeness (QED) is 0.149. The molecule has 0 atom stereocenters. The van der Waals surface area contributed by atoms with E-state index in [4.69, 9.17) is 0 Å². The number of para-hydroxylation sites is 2. The van der Waals surface area contributed by atoms with Crippen LogP contribution in [0.4, 0.5) is 17.1 Å². The molecule has 2 heteroatoms. The Balaban J connectivity index is 1.11. The molecule has 0 spiro atoms. The van der Waals surface area contributed by atoms with Crippen molar-refractivity contribution in [2.45, 2.75) is 5.41 Å². The van der Waals surface area contributed by atoms with E-state index < -0.39 is 5.41 Å². The Labute approximate surface area is 368 Å². The predicted molar refractivity (Wildman–Crippen MR) is 264 cm³/mol. The van der Waals surface area contributed by atoms with E-state index in [1.807, 2.05) is 0 Å². The third-order valence-corrected chi connectivity index (χ3v) is 13.1. The van der Waals surface area contributed by atoms with Crippen molar-refractivity contribution in [2.24, 2.45) is 0 Å². The largest absolute Gasteiger partial charge is 0.310 e. The van der Waals surface area contributed by atoms with Gasteiger partial charge in [0.05, 0.1) is 22.1 Å². The number of benzene rings is 10. The maximum atomic E-state index is 2.45. The second-order valence-corrected chi connectivity index (χ2v) is 16.4. The van der Waals surface area contributed by atoms with E-state index in [1.165, 1.54) is 66.4 Å². The highest BCUT2D eigenvalue weighted by Gasteiger charge is 2.45. The van der Waals surface area contributed by atoms with Gasteiger partial charge in [-0.3, -0.25) is 0 Å². The van der Waals surface area contributed by atoms with Crippen LogP contribution >= 0.6 is 0 Å². The van der Waals surface area contributed by atoms with Gasteiger partial charge in [0.1, 0.15) is 0 Å². The van der Waals surface area contributed by atoms with Crippen LogP contribution in [0.5, 0.6) is 0 Å². The fourth-order valence-corrected chi connectivity index (χ4v) is 10.4. The lowest BCUT2D eigenvalue weighted by atomic mass is 9.68. The summed E-state index contributed by atoms with van der Waals surface area (Å²) >= 11 is 0. The van der Waals surface area contributed by atoms with E-state index >= 15 is 0 Å². The lowest BCUT2D eigenvalue weighted by Crippen LogP contribution is -2.28. The molecule has 1 aliphatic carbocycles. The van der Waals surface area contributed by atoms with Gasteiger partial charge in [-0.05, 0) is 98.6 Å². The van der Waals surface area contributed by atoms with Crippen LogP contribution in [0.3, 0.4) is 0 Å². The number of anilines is 3. The summed E-state index contributed by atoms with van der Waals surface area (Å²) in [6.45, 7) is 0. The summed E-state index contributed by atoms with van der Waals surface area (Å²) in [5.74, 6) is 0. The van der Waals surface area contributed by atoms with E-state index in [9.17, 15) is 0 Å². The second-order valence-electron chi connectivity index (χ2n) is 16.4. The normalized spacial score (nSPS) is 12.6. The molecule has 11 aromatic rings. The summed E-state index contributed by atoms with van der Waals surface area (Å²) in [7, 11) is 0. The SMILES string of the molecule is c1ccc(-c2ccccc2N(c2ccc(C3(c4ccccc4)c4ccccc4-c4ccccc43)cc2)c2ccc3c4c(-c5ccccc5)cccc4n(-c4ccccc4)c3c2)cc1. The zero-order valence-corrected chi connectivity index (χ0v) is 34.6. The zero-order valence-electron chi connectivity index (χ0n) is 34.6. The van der Waals surface area contributed by atoms with Crippen molar-refractivity contribution < 1.29 is 0 Å². The van der Waals surface area contributed by atoms with E-state index in [0.717, 1.165) is 33.8 Å². The summed E-state index contributed by atoms with van der Waals surface area (Å²) < 4.78 is 2.43. The Kier molecular flexibility index (Phi) is 8.76. The molecule has 0 saturated carbocycles. The van der Waals surface area contributed by atoms with Crippen LogP contribution in [0.15, 0.2) is 255 Å². The third-order valence-electron chi connectivity index (χ3n) is 13.1. The van der Waals surface area contributed by atoms with Crippen molar-refractivity contribution in [3.63, 3.8) is 0 Å². The summed E-state index contributed by atoms with van der Waals surface area (Å²) in [6.07, 6.45) is 0. The molecule has 63 heavy (non-hydrogen) atoms. The van der Waals surface area contributed by atoms with Gasteiger partial charge >= 0.3 is 0 Å². The molecule has 1 aliphatic rings. The van der Waals surface area contributed by atoms with Crippen LogP contribution in [-0.4, -0.2) is 4.57 Å². The first kappa shape index (κ1) is 36.6. The minimum atomic E-state index is -0.480. The Morgan fingerprint density at radius 1 is 0.333 bits per heavy atom. The minimum absolute atomic E-state index is 0.480. The smallest absolute Gasteiger partial charge is 0.0713 e. The average molecular weight is 803 g/mol. The summed E-state index contributed by atoms with van der Waals surface area (Å²) in [5.41, 5.74) is 18.7. The van der Waals surface area contributed by atoms with Gasteiger partial charge in [0, 0.05) is 33.4 Å². The van der Waals surface area contributed by atoms with Crippen molar-refractivity contribution in [1.29, 1.82) is 0 Å². The molecule has 0 amide bonds. The van der Waals surface area contributed by atoms with E-state index in [2.05, 4.69) is 264 Å². The van der Waals surface area contributed by atoms with Gasteiger partial charge in [-0.2, -0.15) is 0 Å². The van der Waals surface area contributed by atoms with Gasteiger partial charge in [0.2, 0.25) is 0 Å². The molecule has 2 nitrogen and oxygen atoms in total. The molecule has 0 N–H and O–H groups in total. The maximum Gasteiger partial charge on any atom is 0.0713 e. The predicted octanol–water partition coefficient (Wildman–Crippen LogP) is 16.0. The summed E-state index contributed by atoms with van der Waals surface area (Å²) in [4.78, 5) is 2.45. The molecule has 0 aliphatic heterocycles. The van der Waals surface area contributed by atoms with Gasteiger partial charge in [-0.1, -0.05) is 206 Å². The van der Waals surface area contributed by atoms with Gasteiger partial charge in [0.15, 0.2) is 0 Å². The molecular weight excluding hydrogens is 761 g/mol. The van der Waals surface area contributed by atoms with Gasteiger partial charge in [0.25, 0.3) is 0 Å². The summed E-state index contributed by atoms with van der Waals surface area (Å²) in [6, 6.07) is 93.2. The highest BCUT2D eigenvalue weighted by atomic mass is 15.1. The molecule has 0 radical (unpaired) electrons. The van der Waals surface area contributed by atoms with Crippen LogP contribution in [0, 0.1) is 0 Å².